The number of aromatic amines is 1. The van der Waals surface area contributed by atoms with Crippen molar-refractivity contribution < 1.29 is 9.09 Å². The van der Waals surface area contributed by atoms with E-state index in [9.17, 15) is 4.79 Å². The van der Waals surface area contributed by atoms with Crippen molar-refractivity contribution in [1.29, 1.82) is 0 Å². The lowest BCUT2D eigenvalue weighted by molar-refractivity contribution is 0.605. The van der Waals surface area contributed by atoms with Gasteiger partial charge in [0, 0.05) is 0 Å². The van der Waals surface area contributed by atoms with Gasteiger partial charge in [0.25, 0.3) is 5.56 Å². The fourth-order valence-electron chi connectivity index (χ4n) is 3.97. The number of imidazole rings is 1. The van der Waals surface area contributed by atoms with Crippen molar-refractivity contribution >= 4 is 27.9 Å². The Balaban J connectivity index is 0.00000259. The maximum Gasteiger partial charge on any atom is 0.266 e. The lowest BCUT2D eigenvalue weighted by Crippen LogP contribution is -2.29. The fourth-order valence-corrected chi connectivity index (χ4v) is 3.97. The van der Waals surface area contributed by atoms with E-state index in [0.717, 1.165) is 5.56 Å². The van der Waals surface area contributed by atoms with Gasteiger partial charge in [-0.2, -0.15) is 0 Å². The molecule has 1 atom stereocenters. The Morgan fingerprint density at radius 1 is 1.06 bits per heavy atom. The van der Waals surface area contributed by atoms with E-state index in [0.29, 0.717) is 39.3 Å². The number of nitrogens with zero attached hydrogens (tertiary/aromatic N) is 5. The summed E-state index contributed by atoms with van der Waals surface area (Å²) in [5.74, 6) is 0.385. The number of halogens is 2. The van der Waals surface area contributed by atoms with Gasteiger partial charge in [0.15, 0.2) is 11.5 Å². The first-order valence-corrected chi connectivity index (χ1v) is 10.1. The van der Waals surface area contributed by atoms with Gasteiger partial charge in [-0.1, -0.05) is 24.3 Å². The third-order valence-electron chi connectivity index (χ3n) is 5.51. The van der Waals surface area contributed by atoms with Gasteiger partial charge in [-0.3, -0.25) is 14.1 Å². The molecule has 8 nitrogen and oxygen atoms in total. The molecule has 5 aromatic rings. The van der Waals surface area contributed by atoms with Crippen molar-refractivity contribution in [2.24, 2.45) is 0 Å². The smallest absolute Gasteiger partial charge is 0.266 e. The van der Waals surface area contributed by atoms with Crippen LogP contribution in [-0.4, -0.2) is 29.5 Å². The van der Waals surface area contributed by atoms with Crippen LogP contribution in [0, 0.1) is 19.7 Å². The normalized spacial score (nSPS) is 12.0. The molecule has 0 aliphatic carbocycles. The number of benzene rings is 2. The van der Waals surface area contributed by atoms with E-state index in [4.69, 9.17) is 4.98 Å². The Morgan fingerprint density at radius 2 is 1.82 bits per heavy atom. The summed E-state index contributed by atoms with van der Waals surface area (Å²) in [4.78, 5) is 34.0. The first-order chi connectivity index (χ1) is 15.5. The highest BCUT2D eigenvalue weighted by molar-refractivity contribution is 5.83. The number of H-pyrrole nitrogens is 1. The maximum absolute atomic E-state index is 15.0. The van der Waals surface area contributed by atoms with Gasteiger partial charge in [-0.05, 0) is 44.0 Å². The summed E-state index contributed by atoms with van der Waals surface area (Å²) in [7, 11) is 0. The third kappa shape index (κ3) is 3.59. The lowest BCUT2D eigenvalue weighted by atomic mass is 10.1. The van der Waals surface area contributed by atoms with E-state index in [1.54, 1.807) is 25.1 Å². The Hall–Kier alpha value is -4.21. The standard InChI is InChI=1S/C23H20FN7O.FH/c1-12-6-5-9-16-17(12)23(32)31(19-13(2)7-4-8-15(19)24)22(30-16)14(3)29-21-18-20(26-10-25-18)27-11-28-21;/h4-11,14H,1-3H3,(H2,25,26,27,28,29);1H. The average Bonchev–Trinajstić information content (AvgIpc) is 3.24. The molecule has 10 heteroatoms. The van der Waals surface area contributed by atoms with Crippen molar-refractivity contribution in [3.63, 3.8) is 0 Å². The summed E-state index contributed by atoms with van der Waals surface area (Å²) in [6.45, 7) is 5.47. The summed E-state index contributed by atoms with van der Waals surface area (Å²) < 4.78 is 16.4. The zero-order chi connectivity index (χ0) is 22.4. The largest absolute Gasteiger partial charge is 0.358 e. The predicted molar refractivity (Wildman–Crippen MR) is 123 cm³/mol. The number of aromatic nitrogens is 6. The second-order valence-corrected chi connectivity index (χ2v) is 7.67. The molecular formula is C23H21F2N7O. The van der Waals surface area contributed by atoms with Gasteiger partial charge in [-0.25, -0.2) is 24.3 Å². The number of nitrogens with one attached hydrogen (secondary N) is 2. The average molecular weight is 449 g/mol. The van der Waals surface area contributed by atoms with Gasteiger partial charge >= 0.3 is 0 Å². The van der Waals surface area contributed by atoms with Gasteiger partial charge in [0.1, 0.15) is 23.5 Å². The Labute approximate surface area is 186 Å². The minimum absolute atomic E-state index is 0. The summed E-state index contributed by atoms with van der Waals surface area (Å²) in [5.41, 5.74) is 2.98. The minimum Gasteiger partial charge on any atom is -0.358 e. The van der Waals surface area contributed by atoms with Gasteiger partial charge < -0.3 is 10.3 Å². The Bertz CT molecular complexity index is 1520. The first-order valence-electron chi connectivity index (χ1n) is 10.1. The molecule has 5 rings (SSSR count). The molecule has 1 unspecified atom stereocenters. The number of aryl methyl sites for hydroxylation is 2. The number of hydrogen-bond donors (Lipinski definition) is 2. The van der Waals surface area contributed by atoms with E-state index in [1.807, 2.05) is 26.0 Å². The number of rotatable bonds is 4. The van der Waals surface area contributed by atoms with E-state index in [2.05, 4.69) is 25.3 Å². The molecule has 33 heavy (non-hydrogen) atoms. The Morgan fingerprint density at radius 3 is 2.61 bits per heavy atom. The molecule has 0 spiro atoms. The summed E-state index contributed by atoms with van der Waals surface area (Å²) >= 11 is 0. The molecule has 0 fully saturated rings. The zero-order valence-corrected chi connectivity index (χ0v) is 18.1. The molecule has 0 aliphatic heterocycles. The molecule has 3 aromatic heterocycles. The van der Waals surface area contributed by atoms with Gasteiger partial charge in [0.2, 0.25) is 0 Å². The van der Waals surface area contributed by atoms with Crippen LogP contribution in [0.4, 0.5) is 14.9 Å². The zero-order valence-electron chi connectivity index (χ0n) is 18.1. The molecule has 0 radical (unpaired) electrons. The van der Waals surface area contributed by atoms with Crippen LogP contribution in [0.15, 0.2) is 53.8 Å². The topological polar surface area (TPSA) is 101 Å². The van der Waals surface area contributed by atoms with Crippen LogP contribution in [0.25, 0.3) is 27.8 Å². The molecule has 3 heterocycles. The van der Waals surface area contributed by atoms with Crippen LogP contribution in [0.1, 0.15) is 29.9 Å². The SMILES string of the molecule is Cc1cccc(F)c1-n1c(C(C)Nc2ncnc3nc[nH]c23)nc2cccc(C)c2c1=O.F. The maximum atomic E-state index is 15.0. The highest BCUT2D eigenvalue weighted by atomic mass is 19.1. The predicted octanol–water partition coefficient (Wildman–Crippen LogP) is 4.13. The van der Waals surface area contributed by atoms with Crippen molar-refractivity contribution in [2.75, 3.05) is 5.32 Å². The van der Waals surface area contributed by atoms with Crippen LogP contribution in [0.3, 0.4) is 0 Å². The van der Waals surface area contributed by atoms with E-state index >= 15 is 4.39 Å². The molecule has 0 bridgehead atoms. The molecule has 0 aliphatic rings. The van der Waals surface area contributed by atoms with E-state index < -0.39 is 11.9 Å². The molecule has 2 aromatic carbocycles. The number of hydrogen-bond acceptors (Lipinski definition) is 6. The second-order valence-electron chi connectivity index (χ2n) is 7.67. The lowest BCUT2D eigenvalue weighted by Gasteiger charge is -2.21. The van der Waals surface area contributed by atoms with Crippen LogP contribution in [0.5, 0.6) is 0 Å². The van der Waals surface area contributed by atoms with Crippen LogP contribution in [-0.2, 0) is 0 Å². The van der Waals surface area contributed by atoms with Crippen LogP contribution < -0.4 is 10.9 Å². The quantitative estimate of drug-likeness (QED) is 0.428. The molecule has 0 saturated carbocycles. The summed E-state index contributed by atoms with van der Waals surface area (Å²) in [6.07, 6.45) is 2.94. The Kier molecular flexibility index (Phi) is 5.59. The summed E-state index contributed by atoms with van der Waals surface area (Å²) in [5, 5.41) is 3.74. The fraction of sp³-hybridized carbons (Fsp3) is 0.174. The first kappa shape index (κ1) is 22.0. The van der Waals surface area contributed by atoms with Crippen molar-refractivity contribution in [2.45, 2.75) is 26.8 Å². The molecular weight excluding hydrogens is 428 g/mol. The van der Waals surface area contributed by atoms with Crippen molar-refractivity contribution in [3.05, 3.63) is 82.2 Å². The highest BCUT2D eigenvalue weighted by Crippen LogP contribution is 2.26. The minimum atomic E-state index is -0.493. The molecule has 0 amide bonds. The number of anilines is 1. The third-order valence-corrected chi connectivity index (χ3v) is 5.51. The van der Waals surface area contributed by atoms with E-state index in [-0.39, 0.29) is 16.0 Å². The molecule has 2 N–H and O–H groups in total. The van der Waals surface area contributed by atoms with Crippen molar-refractivity contribution in [1.82, 2.24) is 29.5 Å². The second kappa shape index (κ2) is 8.38. The highest BCUT2D eigenvalue weighted by Gasteiger charge is 2.23. The van der Waals surface area contributed by atoms with Crippen LogP contribution >= 0.6 is 0 Å². The van der Waals surface area contributed by atoms with E-state index in [1.165, 1.54) is 23.3 Å². The van der Waals surface area contributed by atoms with Crippen LogP contribution in [0.2, 0.25) is 0 Å². The van der Waals surface area contributed by atoms with Gasteiger partial charge in [-0.15, -0.1) is 0 Å². The molecule has 168 valence electrons. The molecule has 0 saturated heterocycles. The summed E-state index contributed by atoms with van der Waals surface area (Å²) in [6, 6.07) is 9.73. The van der Waals surface area contributed by atoms with Gasteiger partial charge in [0.05, 0.1) is 29.0 Å². The number of para-hydroxylation sites is 1. The van der Waals surface area contributed by atoms with Crippen molar-refractivity contribution in [3.8, 4) is 5.69 Å². The monoisotopic (exact) mass is 449 g/mol. The number of fused-ring (bicyclic) bond motifs is 2.